The van der Waals surface area contributed by atoms with Crippen LogP contribution in [0.3, 0.4) is 0 Å². The van der Waals surface area contributed by atoms with Crippen molar-refractivity contribution < 1.29 is 94.2 Å². The summed E-state index contributed by atoms with van der Waals surface area (Å²) in [5.41, 5.74) is -3.33. The molecule has 1 unspecified atom stereocenters. The van der Waals surface area contributed by atoms with Gasteiger partial charge in [-0.15, -0.1) is 0 Å². The van der Waals surface area contributed by atoms with E-state index < -0.39 is 146 Å². The molecule has 7 rings (SSSR count). The smallest absolute Gasteiger partial charge is 0.318 e. The van der Waals surface area contributed by atoms with Crippen molar-refractivity contribution in [1.29, 1.82) is 0 Å². The predicted octanol–water partition coefficient (Wildman–Crippen LogP) is -3.90. The summed E-state index contributed by atoms with van der Waals surface area (Å²) in [5.74, 6) is -1.68. The van der Waals surface area contributed by atoms with Gasteiger partial charge < -0.3 is 89.4 Å². The van der Waals surface area contributed by atoms with Crippen LogP contribution in [-0.2, 0) is 38.0 Å². The number of hydrogen-bond donors (Lipinski definition) is 11. The molecule has 57 heavy (non-hydrogen) atoms. The van der Waals surface area contributed by atoms with Gasteiger partial charge in [0.25, 0.3) is 0 Å². The average Bonchev–Trinajstić information content (AvgIpc) is 3.42. The topological polar surface area (TPSA) is 312 Å². The summed E-state index contributed by atoms with van der Waals surface area (Å²) in [7, 11) is 0. The predicted molar refractivity (Wildman–Crippen MR) is 187 cm³/mol. The third kappa shape index (κ3) is 6.92. The van der Waals surface area contributed by atoms with Gasteiger partial charge in [0, 0.05) is 5.92 Å². The Balaban J connectivity index is 1.12. The molecule has 3 saturated carbocycles. The van der Waals surface area contributed by atoms with Crippen molar-refractivity contribution in [1.82, 2.24) is 0 Å². The van der Waals surface area contributed by atoms with E-state index in [-0.39, 0.29) is 11.8 Å². The van der Waals surface area contributed by atoms with E-state index >= 15 is 0 Å². The van der Waals surface area contributed by atoms with E-state index in [9.17, 15) is 65.8 Å². The number of rotatable bonds is 10. The first-order chi connectivity index (χ1) is 26.9. The Kier molecular flexibility index (Phi) is 12.1. The van der Waals surface area contributed by atoms with Crippen LogP contribution in [0, 0.1) is 34.0 Å². The molecule has 19 heteroatoms. The van der Waals surface area contributed by atoms with Gasteiger partial charge in [-0.25, -0.2) is 0 Å². The van der Waals surface area contributed by atoms with Gasteiger partial charge >= 0.3 is 5.97 Å². The number of fused-ring (bicyclic) bond motifs is 3. The molecule has 3 saturated heterocycles. The Morgan fingerprint density at radius 1 is 0.719 bits per heavy atom. The van der Waals surface area contributed by atoms with Crippen LogP contribution in [0.5, 0.6) is 0 Å². The third-order valence-electron chi connectivity index (χ3n) is 14.8. The Bertz CT molecular complexity index is 1500. The van der Waals surface area contributed by atoms with Crippen LogP contribution in [0.4, 0.5) is 0 Å². The van der Waals surface area contributed by atoms with Crippen molar-refractivity contribution in [3.05, 3.63) is 12.2 Å². The van der Waals surface area contributed by atoms with Crippen LogP contribution in [0.15, 0.2) is 12.2 Å². The number of esters is 1. The van der Waals surface area contributed by atoms with Gasteiger partial charge in [0.05, 0.1) is 30.8 Å². The lowest BCUT2D eigenvalue weighted by atomic mass is 9.42. The number of ether oxygens (including phenoxy) is 6. The molecule has 6 fully saturated rings. The largest absolute Gasteiger partial charge is 0.432 e. The van der Waals surface area contributed by atoms with Crippen LogP contribution in [0.1, 0.15) is 58.8 Å². The lowest BCUT2D eigenvalue weighted by molar-refractivity contribution is -0.381. The number of carbonyl (C=O) groups is 2. The summed E-state index contributed by atoms with van der Waals surface area (Å²) in [6.07, 6.45) is -16.4. The zero-order valence-corrected chi connectivity index (χ0v) is 31.9. The van der Waals surface area contributed by atoms with Crippen LogP contribution < -0.4 is 0 Å². The molecule has 2 bridgehead atoms. The number of allylic oxidation sites excluding steroid dienone is 1. The number of aldehydes is 1. The molecule has 4 aliphatic carbocycles. The molecule has 324 valence electrons. The second kappa shape index (κ2) is 15.9. The van der Waals surface area contributed by atoms with E-state index in [1.807, 2.05) is 6.08 Å². The molecular formula is C38H58O19. The van der Waals surface area contributed by atoms with Gasteiger partial charge in [-0.1, -0.05) is 19.1 Å². The fourth-order valence-electron chi connectivity index (χ4n) is 11.8. The Labute approximate surface area is 328 Å². The van der Waals surface area contributed by atoms with Gasteiger partial charge in [0.1, 0.15) is 79.5 Å². The van der Waals surface area contributed by atoms with E-state index in [1.165, 1.54) is 0 Å². The quantitative estimate of drug-likeness (QED) is 0.0434. The number of carbonyl (C=O) groups excluding carboxylic acids is 2. The summed E-state index contributed by atoms with van der Waals surface area (Å²) in [6.45, 7) is 1.72. The molecule has 11 N–H and O–H groups in total. The molecule has 7 aliphatic rings. The lowest BCUT2D eigenvalue weighted by Crippen LogP contribution is -2.66. The van der Waals surface area contributed by atoms with Gasteiger partial charge in [0.15, 0.2) is 12.6 Å². The van der Waals surface area contributed by atoms with Crippen LogP contribution in [0.2, 0.25) is 0 Å². The molecule has 22 atom stereocenters. The molecule has 0 aromatic carbocycles. The van der Waals surface area contributed by atoms with E-state index in [0.717, 1.165) is 6.29 Å². The van der Waals surface area contributed by atoms with Crippen molar-refractivity contribution in [2.24, 2.45) is 34.0 Å². The minimum absolute atomic E-state index is 0.0270. The fraction of sp³-hybridized carbons (Fsp3) is 0.895. The zero-order chi connectivity index (χ0) is 41.4. The Morgan fingerprint density at radius 3 is 1.86 bits per heavy atom. The molecular weight excluding hydrogens is 760 g/mol. The average molecular weight is 819 g/mol. The summed E-state index contributed by atoms with van der Waals surface area (Å²) in [6, 6.07) is 0. The van der Waals surface area contributed by atoms with Crippen molar-refractivity contribution >= 4 is 12.3 Å². The SMILES string of the molecule is CC1(C(=O)O[C@@H]2O[C@H](CO)[C@@H](O)[C@H](O)[C@H]2O)C=CC[C@@]2(C)[C@H]1CC[C@@]13C[C@@H](C=O)[C@](O[C@@H]4O[C@H](CO)[C@@H](O)[C@H](O)[C@H]4O[C@@H]4O[C@H](CO)[C@@H](O)[C@H](O)[C@H]4O)(CC[C@@H]12)C3. The standard InChI is InChI=1S/C38H58O19/c1-35-6-3-7-36(2,34(51)56-32-29(50)26(47)23(44)18(13-41)53-32)20(35)4-8-37-10-16(11-39)38(15-37,9-5-21(35)37)57-33-30(27(48)24(45)19(14-42)54-33)55-31-28(49)25(46)22(43)17(12-40)52-31/h3,7,11,16-33,40-50H,4-6,8-10,12-15H2,1-2H3/t16-,17+,18+,19+,20+,21+,22+,23+,24+,25-,26-,27-,28+,29+,30+,31-,32-,33-,35-,36?,37-,38-/m0/s1. The second-order valence-corrected chi connectivity index (χ2v) is 17.9. The van der Waals surface area contributed by atoms with Gasteiger partial charge in [-0.05, 0) is 74.5 Å². The Morgan fingerprint density at radius 2 is 1.26 bits per heavy atom. The van der Waals surface area contributed by atoms with Gasteiger partial charge in [0.2, 0.25) is 6.29 Å². The van der Waals surface area contributed by atoms with Crippen molar-refractivity contribution in [2.45, 2.75) is 157 Å². The van der Waals surface area contributed by atoms with E-state index in [2.05, 4.69) is 6.92 Å². The number of aliphatic hydroxyl groups is 11. The van der Waals surface area contributed by atoms with Crippen molar-refractivity contribution in [2.75, 3.05) is 19.8 Å². The molecule has 0 aromatic rings. The van der Waals surface area contributed by atoms with Crippen LogP contribution in [0.25, 0.3) is 0 Å². The summed E-state index contributed by atoms with van der Waals surface area (Å²) in [5, 5.41) is 114. The fourth-order valence-corrected chi connectivity index (χ4v) is 11.8. The summed E-state index contributed by atoms with van der Waals surface area (Å²) >= 11 is 0. The highest BCUT2D eigenvalue weighted by Crippen LogP contribution is 2.73. The summed E-state index contributed by atoms with van der Waals surface area (Å²) in [4.78, 5) is 27.1. The van der Waals surface area contributed by atoms with Crippen LogP contribution >= 0.6 is 0 Å². The lowest BCUT2D eigenvalue weighted by Gasteiger charge is -2.63. The number of aliphatic hydroxyl groups excluding tert-OH is 11. The highest BCUT2D eigenvalue weighted by molar-refractivity contribution is 5.80. The highest BCUT2D eigenvalue weighted by atomic mass is 16.8. The Hall–Kier alpha value is -1.76. The van der Waals surface area contributed by atoms with E-state index in [0.29, 0.717) is 44.9 Å². The highest BCUT2D eigenvalue weighted by Gasteiger charge is 2.70. The molecule has 0 radical (unpaired) electrons. The first-order valence-electron chi connectivity index (χ1n) is 19.8. The van der Waals surface area contributed by atoms with E-state index in [4.69, 9.17) is 28.4 Å². The maximum Gasteiger partial charge on any atom is 0.318 e. The molecule has 0 amide bonds. The normalized spacial score (nSPS) is 54.8. The maximum absolute atomic E-state index is 14.1. The number of hydrogen-bond acceptors (Lipinski definition) is 19. The monoisotopic (exact) mass is 818 g/mol. The first-order valence-corrected chi connectivity index (χ1v) is 19.8. The van der Waals surface area contributed by atoms with E-state index in [1.54, 1.807) is 13.0 Å². The zero-order valence-electron chi connectivity index (χ0n) is 31.9. The molecule has 19 nitrogen and oxygen atoms in total. The third-order valence-corrected chi connectivity index (χ3v) is 14.8. The van der Waals surface area contributed by atoms with Crippen molar-refractivity contribution in [3.8, 4) is 0 Å². The minimum atomic E-state index is -1.85. The first kappa shape index (κ1) is 43.3. The van der Waals surface area contributed by atoms with Crippen molar-refractivity contribution in [3.63, 3.8) is 0 Å². The van der Waals surface area contributed by atoms with Gasteiger partial charge in [-0.3, -0.25) is 4.79 Å². The minimum Gasteiger partial charge on any atom is -0.432 e. The van der Waals surface area contributed by atoms with Gasteiger partial charge in [-0.2, -0.15) is 0 Å². The molecule has 3 aliphatic heterocycles. The summed E-state index contributed by atoms with van der Waals surface area (Å²) < 4.78 is 35.3. The second-order valence-electron chi connectivity index (χ2n) is 17.9. The molecule has 0 aromatic heterocycles. The molecule has 1 spiro atoms. The maximum atomic E-state index is 14.1. The molecule has 3 heterocycles. The van der Waals surface area contributed by atoms with Crippen LogP contribution in [-0.4, -0.2) is 186 Å².